The first-order chi connectivity index (χ1) is 13.4. The Morgan fingerprint density at radius 3 is 2.86 bits per heavy atom. The van der Waals surface area contributed by atoms with Crippen LogP contribution in [-0.2, 0) is 28.8 Å². The van der Waals surface area contributed by atoms with Crippen molar-refractivity contribution in [3.63, 3.8) is 0 Å². The lowest BCUT2D eigenvalue weighted by atomic mass is 9.89. The van der Waals surface area contributed by atoms with Crippen LogP contribution in [-0.4, -0.2) is 15.9 Å². The monoisotopic (exact) mass is 396 g/mol. The van der Waals surface area contributed by atoms with Crippen LogP contribution in [0.2, 0.25) is 0 Å². The third kappa shape index (κ3) is 3.74. The Kier molecular flexibility index (Phi) is 5.06. The first kappa shape index (κ1) is 18.9. The number of esters is 1. The van der Waals surface area contributed by atoms with Crippen molar-refractivity contribution in [3.05, 3.63) is 62.0 Å². The molecule has 1 aromatic carbocycles. The summed E-state index contributed by atoms with van der Waals surface area (Å²) in [4.78, 5) is 34.5. The summed E-state index contributed by atoms with van der Waals surface area (Å²) in [6.07, 6.45) is 2.64. The number of carbonyl (C=O) groups excluding carboxylic acids is 1. The summed E-state index contributed by atoms with van der Waals surface area (Å²) in [5.74, 6) is 0.709. The fourth-order valence-corrected chi connectivity index (χ4v) is 5.12. The van der Waals surface area contributed by atoms with Crippen molar-refractivity contribution in [2.75, 3.05) is 0 Å². The number of thiophene rings is 1. The van der Waals surface area contributed by atoms with Crippen molar-refractivity contribution >= 4 is 27.5 Å². The highest BCUT2D eigenvalue weighted by molar-refractivity contribution is 7.18. The van der Waals surface area contributed by atoms with Gasteiger partial charge >= 0.3 is 5.97 Å². The Morgan fingerprint density at radius 1 is 1.36 bits per heavy atom. The van der Waals surface area contributed by atoms with E-state index >= 15 is 0 Å². The Bertz CT molecular complexity index is 1080. The van der Waals surface area contributed by atoms with Gasteiger partial charge in [0, 0.05) is 4.88 Å². The summed E-state index contributed by atoms with van der Waals surface area (Å²) in [6, 6.07) is 7.78. The van der Waals surface area contributed by atoms with E-state index in [0.717, 1.165) is 40.8 Å². The maximum atomic E-state index is 12.7. The summed E-state index contributed by atoms with van der Waals surface area (Å²) in [6.45, 7) is 5.99. The maximum Gasteiger partial charge on any atom is 0.310 e. The third-order valence-electron chi connectivity index (χ3n) is 5.35. The van der Waals surface area contributed by atoms with E-state index in [1.807, 2.05) is 31.2 Å². The molecule has 0 amide bonds. The molecule has 2 aromatic heterocycles. The number of benzene rings is 1. The van der Waals surface area contributed by atoms with E-state index in [9.17, 15) is 9.59 Å². The molecule has 5 nitrogen and oxygen atoms in total. The van der Waals surface area contributed by atoms with E-state index in [-0.39, 0.29) is 17.9 Å². The van der Waals surface area contributed by atoms with Crippen LogP contribution in [0.25, 0.3) is 10.2 Å². The maximum absolute atomic E-state index is 12.7. The number of ether oxygens (including phenoxy) is 1. The molecular weight excluding hydrogens is 372 g/mol. The molecule has 1 N–H and O–H groups in total. The molecule has 0 unspecified atom stereocenters. The Balaban J connectivity index is 1.54. The number of rotatable bonds is 4. The normalized spacial score (nSPS) is 17.3. The van der Waals surface area contributed by atoms with Crippen LogP contribution < -0.4 is 5.56 Å². The molecule has 28 heavy (non-hydrogen) atoms. The average Bonchev–Trinajstić information content (AvgIpc) is 3.01. The van der Waals surface area contributed by atoms with E-state index < -0.39 is 6.10 Å². The van der Waals surface area contributed by atoms with Gasteiger partial charge in [0.2, 0.25) is 0 Å². The van der Waals surface area contributed by atoms with E-state index in [0.29, 0.717) is 17.1 Å². The SMILES string of the molecule is Cc1ccc(CC(=O)O[C@@H](C)c2nc3sc4c(c3c(=O)[nH]2)CC[C@H](C)C4)cc1. The standard InChI is InChI=1S/C22H24N2O3S/c1-12-4-7-15(8-5-12)11-18(25)27-14(3)20-23-21(26)19-16-9-6-13(2)10-17(16)28-22(19)24-20/h4-5,7-8,13-14H,6,9-11H2,1-3H3,(H,23,24,26)/t13-,14-/m0/s1. The van der Waals surface area contributed by atoms with Crippen LogP contribution in [0.3, 0.4) is 0 Å². The minimum absolute atomic E-state index is 0.131. The molecule has 0 spiro atoms. The van der Waals surface area contributed by atoms with Crippen molar-refractivity contribution in [2.45, 2.75) is 52.6 Å². The largest absolute Gasteiger partial charge is 0.454 e. The summed E-state index contributed by atoms with van der Waals surface area (Å²) in [7, 11) is 0. The number of aryl methyl sites for hydroxylation is 2. The van der Waals surface area contributed by atoms with Crippen molar-refractivity contribution < 1.29 is 9.53 Å². The van der Waals surface area contributed by atoms with Crippen molar-refractivity contribution in [2.24, 2.45) is 5.92 Å². The Morgan fingerprint density at radius 2 is 2.11 bits per heavy atom. The predicted molar refractivity (Wildman–Crippen MR) is 111 cm³/mol. The molecule has 1 aliphatic carbocycles. The molecule has 6 heteroatoms. The van der Waals surface area contributed by atoms with Gasteiger partial charge in [0.15, 0.2) is 11.9 Å². The highest BCUT2D eigenvalue weighted by Gasteiger charge is 2.24. The molecule has 0 radical (unpaired) electrons. The lowest BCUT2D eigenvalue weighted by Gasteiger charge is -2.17. The molecule has 2 atom stereocenters. The minimum atomic E-state index is -0.604. The number of aromatic amines is 1. The zero-order valence-corrected chi connectivity index (χ0v) is 17.2. The number of aromatic nitrogens is 2. The van der Waals surface area contributed by atoms with E-state index in [1.54, 1.807) is 18.3 Å². The first-order valence-corrected chi connectivity index (χ1v) is 10.5. The molecule has 0 saturated carbocycles. The molecule has 0 fully saturated rings. The van der Waals surface area contributed by atoms with Gasteiger partial charge in [-0.05, 0) is 50.2 Å². The van der Waals surface area contributed by atoms with Gasteiger partial charge in [0.25, 0.3) is 5.56 Å². The Labute approximate surface area is 167 Å². The molecule has 146 valence electrons. The number of nitrogens with one attached hydrogen (secondary N) is 1. The molecule has 1 aliphatic rings. The quantitative estimate of drug-likeness (QED) is 0.669. The van der Waals surface area contributed by atoms with Crippen molar-refractivity contribution in [1.29, 1.82) is 0 Å². The molecule has 0 bridgehead atoms. The first-order valence-electron chi connectivity index (χ1n) is 9.70. The molecule has 0 aliphatic heterocycles. The molecule has 3 aromatic rings. The molecule has 0 saturated heterocycles. The zero-order valence-electron chi connectivity index (χ0n) is 16.4. The lowest BCUT2D eigenvalue weighted by molar-refractivity contribution is -0.148. The second kappa shape index (κ2) is 7.51. The van der Waals surface area contributed by atoms with Gasteiger partial charge in [-0.1, -0.05) is 36.8 Å². The second-order valence-electron chi connectivity index (χ2n) is 7.78. The number of carbonyl (C=O) groups is 1. The number of fused-ring (bicyclic) bond motifs is 3. The predicted octanol–water partition coefficient (Wildman–Crippen LogP) is 4.26. The summed E-state index contributed by atoms with van der Waals surface area (Å²) in [5.41, 5.74) is 3.07. The van der Waals surface area contributed by atoms with Crippen LogP contribution in [0, 0.1) is 12.8 Å². The van der Waals surface area contributed by atoms with Gasteiger partial charge in [-0.2, -0.15) is 0 Å². The fraction of sp³-hybridized carbons (Fsp3) is 0.409. The van der Waals surface area contributed by atoms with Gasteiger partial charge in [-0.15, -0.1) is 11.3 Å². The molecule has 4 rings (SSSR count). The van der Waals surface area contributed by atoms with Gasteiger partial charge in [-0.3, -0.25) is 9.59 Å². The third-order valence-corrected chi connectivity index (χ3v) is 6.49. The Hall–Kier alpha value is -2.47. The number of H-pyrrole nitrogens is 1. The minimum Gasteiger partial charge on any atom is -0.454 e. The molecule has 2 heterocycles. The highest BCUT2D eigenvalue weighted by atomic mass is 32.1. The number of hydrogen-bond acceptors (Lipinski definition) is 5. The topological polar surface area (TPSA) is 72.0 Å². The van der Waals surface area contributed by atoms with Crippen LogP contribution >= 0.6 is 11.3 Å². The molecular formula is C22H24N2O3S. The van der Waals surface area contributed by atoms with Crippen LogP contribution in [0.5, 0.6) is 0 Å². The summed E-state index contributed by atoms with van der Waals surface area (Å²) < 4.78 is 5.53. The smallest absolute Gasteiger partial charge is 0.310 e. The van der Waals surface area contributed by atoms with Crippen LogP contribution in [0.1, 0.15) is 53.8 Å². The van der Waals surface area contributed by atoms with Crippen LogP contribution in [0.15, 0.2) is 29.1 Å². The van der Waals surface area contributed by atoms with Gasteiger partial charge in [0.1, 0.15) is 4.83 Å². The van der Waals surface area contributed by atoms with Crippen molar-refractivity contribution in [1.82, 2.24) is 9.97 Å². The summed E-state index contributed by atoms with van der Waals surface area (Å²) >= 11 is 1.60. The van der Waals surface area contributed by atoms with Crippen LogP contribution in [0.4, 0.5) is 0 Å². The number of hydrogen-bond donors (Lipinski definition) is 1. The van der Waals surface area contributed by atoms with Gasteiger partial charge < -0.3 is 9.72 Å². The van der Waals surface area contributed by atoms with E-state index in [2.05, 4.69) is 16.9 Å². The zero-order chi connectivity index (χ0) is 19.8. The van der Waals surface area contributed by atoms with E-state index in [4.69, 9.17) is 4.74 Å². The second-order valence-corrected chi connectivity index (χ2v) is 8.86. The fourth-order valence-electron chi connectivity index (χ4n) is 3.73. The van der Waals surface area contributed by atoms with Gasteiger partial charge in [0.05, 0.1) is 11.8 Å². The van der Waals surface area contributed by atoms with E-state index in [1.165, 1.54) is 4.88 Å². The average molecular weight is 397 g/mol. The lowest BCUT2D eigenvalue weighted by Crippen LogP contribution is -2.18. The van der Waals surface area contributed by atoms with Gasteiger partial charge in [-0.25, -0.2) is 4.98 Å². The highest BCUT2D eigenvalue weighted by Crippen LogP contribution is 2.35. The number of nitrogens with zero attached hydrogens (tertiary/aromatic N) is 1. The summed E-state index contributed by atoms with van der Waals surface area (Å²) in [5, 5.41) is 0.717. The van der Waals surface area contributed by atoms with Crippen molar-refractivity contribution in [3.8, 4) is 0 Å².